The molecule has 3 aromatic rings. The van der Waals surface area contributed by atoms with E-state index in [1.807, 2.05) is 18.5 Å². The van der Waals surface area contributed by atoms with Crippen molar-refractivity contribution in [3.8, 4) is 6.07 Å². The highest BCUT2D eigenvalue weighted by Crippen LogP contribution is 2.54. The summed E-state index contributed by atoms with van der Waals surface area (Å²) in [5.74, 6) is 0.416. The molecule has 1 amide bonds. The molecule has 1 aliphatic carbocycles. The summed E-state index contributed by atoms with van der Waals surface area (Å²) in [7, 11) is 0. The summed E-state index contributed by atoms with van der Waals surface area (Å²) in [5, 5.41) is 19.5. The maximum Gasteiger partial charge on any atom is 0.416 e. The Kier molecular flexibility index (Phi) is 5.38. The number of hydrogen-bond donors (Lipinski definition) is 1. The molecule has 9 heteroatoms. The van der Waals surface area contributed by atoms with E-state index in [0.29, 0.717) is 36.6 Å². The SMILES string of the molecule is CC1(C)C[C@](C)(Cn2cnc3ccc(C#N)cc32)C[C@]2(CN(c3cnc(C(C)(C)O)cn3)C(=O)O2)C1. The number of benzene rings is 1. The molecule has 2 aromatic heterocycles. The van der Waals surface area contributed by atoms with Crippen molar-refractivity contribution in [2.24, 2.45) is 10.8 Å². The van der Waals surface area contributed by atoms with Crippen molar-refractivity contribution in [2.45, 2.75) is 71.6 Å². The van der Waals surface area contributed by atoms with E-state index < -0.39 is 17.3 Å². The summed E-state index contributed by atoms with van der Waals surface area (Å²) >= 11 is 0. The molecule has 0 bridgehead atoms. The second-order valence-electron chi connectivity index (χ2n) is 12.1. The minimum absolute atomic E-state index is 0.0616. The summed E-state index contributed by atoms with van der Waals surface area (Å²) in [6.45, 7) is 11.1. The van der Waals surface area contributed by atoms with Gasteiger partial charge in [-0.25, -0.2) is 14.8 Å². The van der Waals surface area contributed by atoms with E-state index in [-0.39, 0.29) is 10.8 Å². The zero-order valence-electron chi connectivity index (χ0n) is 21.4. The van der Waals surface area contributed by atoms with Crippen molar-refractivity contribution in [1.29, 1.82) is 5.26 Å². The van der Waals surface area contributed by atoms with Crippen LogP contribution in [0.15, 0.2) is 36.9 Å². The molecular formula is C27H32N6O3. The van der Waals surface area contributed by atoms with Crippen LogP contribution in [0, 0.1) is 22.2 Å². The Balaban J connectivity index is 1.43. The maximum atomic E-state index is 13.1. The Morgan fingerprint density at radius 3 is 2.58 bits per heavy atom. The van der Waals surface area contributed by atoms with Crippen molar-refractivity contribution in [2.75, 3.05) is 11.4 Å². The predicted molar refractivity (Wildman–Crippen MR) is 134 cm³/mol. The first kappa shape index (κ1) is 24.2. The summed E-state index contributed by atoms with van der Waals surface area (Å²) < 4.78 is 8.24. The fourth-order valence-corrected chi connectivity index (χ4v) is 6.53. The van der Waals surface area contributed by atoms with E-state index in [1.165, 1.54) is 12.4 Å². The van der Waals surface area contributed by atoms with Crippen LogP contribution in [-0.2, 0) is 16.9 Å². The Bertz CT molecular complexity index is 1370. The van der Waals surface area contributed by atoms with E-state index >= 15 is 0 Å². The molecule has 1 aliphatic heterocycles. The molecule has 2 fully saturated rings. The third-order valence-corrected chi connectivity index (χ3v) is 7.27. The fraction of sp³-hybridized carbons (Fsp3) is 0.519. The third kappa shape index (κ3) is 4.42. The number of fused-ring (bicyclic) bond motifs is 1. The van der Waals surface area contributed by atoms with Crippen LogP contribution in [0.1, 0.15) is 65.1 Å². The van der Waals surface area contributed by atoms with Gasteiger partial charge in [-0.3, -0.25) is 9.88 Å². The number of nitrogens with zero attached hydrogens (tertiary/aromatic N) is 6. The lowest BCUT2D eigenvalue weighted by atomic mass is 9.58. The number of imidazole rings is 1. The van der Waals surface area contributed by atoms with Gasteiger partial charge in [0.25, 0.3) is 0 Å². The molecule has 1 aromatic carbocycles. The smallest absolute Gasteiger partial charge is 0.416 e. The van der Waals surface area contributed by atoms with Gasteiger partial charge in [-0.2, -0.15) is 5.26 Å². The molecule has 1 saturated carbocycles. The van der Waals surface area contributed by atoms with Crippen LogP contribution in [-0.4, -0.2) is 42.9 Å². The van der Waals surface area contributed by atoms with Gasteiger partial charge in [0, 0.05) is 6.54 Å². The fourth-order valence-electron chi connectivity index (χ4n) is 6.53. The van der Waals surface area contributed by atoms with E-state index in [9.17, 15) is 15.2 Å². The van der Waals surface area contributed by atoms with Gasteiger partial charge in [-0.15, -0.1) is 0 Å². The first-order valence-corrected chi connectivity index (χ1v) is 12.2. The molecule has 0 unspecified atom stereocenters. The van der Waals surface area contributed by atoms with Crippen molar-refractivity contribution in [3.05, 3.63) is 48.2 Å². The lowest BCUT2D eigenvalue weighted by Crippen LogP contribution is -2.50. The summed E-state index contributed by atoms with van der Waals surface area (Å²) in [6, 6.07) is 7.74. The molecule has 1 saturated heterocycles. The maximum absolute atomic E-state index is 13.1. The molecule has 1 spiro atoms. The minimum atomic E-state index is -1.11. The number of nitriles is 1. The largest absolute Gasteiger partial charge is 0.441 e. The lowest BCUT2D eigenvalue weighted by Gasteiger charge is -2.50. The minimum Gasteiger partial charge on any atom is -0.441 e. The number of anilines is 1. The molecule has 9 nitrogen and oxygen atoms in total. The molecule has 5 rings (SSSR count). The number of hydrogen-bond acceptors (Lipinski definition) is 7. The van der Waals surface area contributed by atoms with Crippen LogP contribution in [0.5, 0.6) is 0 Å². The highest BCUT2D eigenvalue weighted by atomic mass is 16.6. The van der Waals surface area contributed by atoms with Gasteiger partial charge >= 0.3 is 6.09 Å². The number of rotatable bonds is 4. The number of carbonyl (C=O) groups excluding carboxylic acids is 1. The quantitative estimate of drug-likeness (QED) is 0.573. The Morgan fingerprint density at radius 2 is 1.92 bits per heavy atom. The first-order chi connectivity index (χ1) is 16.8. The van der Waals surface area contributed by atoms with Gasteiger partial charge in [0.1, 0.15) is 11.2 Å². The van der Waals surface area contributed by atoms with Crippen LogP contribution in [0.2, 0.25) is 0 Å². The monoisotopic (exact) mass is 488 g/mol. The average molecular weight is 489 g/mol. The van der Waals surface area contributed by atoms with E-state index in [1.54, 1.807) is 24.8 Å². The van der Waals surface area contributed by atoms with Gasteiger partial charge in [0.05, 0.1) is 53.6 Å². The van der Waals surface area contributed by atoms with Gasteiger partial charge < -0.3 is 14.4 Å². The predicted octanol–water partition coefficient (Wildman–Crippen LogP) is 4.54. The van der Waals surface area contributed by atoms with Crippen LogP contribution >= 0.6 is 0 Å². The van der Waals surface area contributed by atoms with Crippen molar-refractivity contribution in [3.63, 3.8) is 0 Å². The topological polar surface area (TPSA) is 117 Å². The summed E-state index contributed by atoms with van der Waals surface area (Å²) in [5.41, 5.74) is 0.823. The summed E-state index contributed by atoms with van der Waals surface area (Å²) in [6.07, 6.45) is 6.82. The highest BCUT2D eigenvalue weighted by molar-refractivity contribution is 5.89. The molecule has 0 radical (unpaired) electrons. The Hall–Kier alpha value is -3.51. The average Bonchev–Trinajstić information content (AvgIpc) is 3.30. The molecule has 2 aliphatic rings. The number of ether oxygens (including phenoxy) is 1. The highest BCUT2D eigenvalue weighted by Gasteiger charge is 2.56. The van der Waals surface area contributed by atoms with E-state index in [0.717, 1.165) is 23.9 Å². The number of amides is 1. The zero-order chi connectivity index (χ0) is 25.9. The van der Waals surface area contributed by atoms with Crippen LogP contribution in [0.3, 0.4) is 0 Å². The molecule has 188 valence electrons. The molecule has 1 N–H and O–H groups in total. The standard InChI is InChI=1S/C27H32N6O3/c1-24(2)12-26(5,15-32-17-31-19-7-6-18(9-28)8-20(19)32)14-27(13-24)16-33(23(34)36-27)22-11-29-21(10-30-22)25(3,4)35/h6-8,10-11,17,35H,12-16H2,1-5H3/t26-,27-/m0/s1. The van der Waals surface area contributed by atoms with Crippen molar-refractivity contribution in [1.82, 2.24) is 19.5 Å². The van der Waals surface area contributed by atoms with Crippen LogP contribution < -0.4 is 4.90 Å². The molecule has 36 heavy (non-hydrogen) atoms. The molecular weight excluding hydrogens is 456 g/mol. The third-order valence-electron chi connectivity index (χ3n) is 7.27. The second kappa shape index (κ2) is 8.00. The number of aromatic nitrogens is 4. The van der Waals surface area contributed by atoms with E-state index in [4.69, 9.17) is 4.74 Å². The summed E-state index contributed by atoms with van der Waals surface area (Å²) in [4.78, 5) is 27.9. The second-order valence-corrected chi connectivity index (χ2v) is 12.1. The first-order valence-electron chi connectivity index (χ1n) is 12.2. The molecule has 2 atom stereocenters. The Morgan fingerprint density at radius 1 is 1.14 bits per heavy atom. The lowest BCUT2D eigenvalue weighted by molar-refractivity contribution is -0.0747. The Labute approximate surface area is 210 Å². The molecule has 3 heterocycles. The normalized spacial score (nSPS) is 25.8. The number of carbonyl (C=O) groups is 1. The van der Waals surface area contributed by atoms with Crippen molar-refractivity contribution < 1.29 is 14.6 Å². The van der Waals surface area contributed by atoms with Gasteiger partial charge in [0.15, 0.2) is 5.82 Å². The van der Waals surface area contributed by atoms with Gasteiger partial charge in [-0.1, -0.05) is 20.8 Å². The van der Waals surface area contributed by atoms with E-state index in [2.05, 4.69) is 46.4 Å². The van der Waals surface area contributed by atoms with Gasteiger partial charge in [-0.05, 0) is 62.1 Å². The number of aliphatic hydroxyl groups is 1. The van der Waals surface area contributed by atoms with Crippen molar-refractivity contribution >= 4 is 22.9 Å². The zero-order valence-corrected chi connectivity index (χ0v) is 21.4. The van der Waals surface area contributed by atoms with Crippen LogP contribution in [0.4, 0.5) is 10.6 Å². The van der Waals surface area contributed by atoms with Crippen LogP contribution in [0.25, 0.3) is 11.0 Å². The van der Waals surface area contributed by atoms with Gasteiger partial charge in [0.2, 0.25) is 0 Å².